The fraction of sp³-hybridized carbons (Fsp3) is 0.250. The van der Waals surface area contributed by atoms with E-state index in [4.69, 9.17) is 0 Å². The van der Waals surface area contributed by atoms with Crippen LogP contribution in [-0.4, -0.2) is 36.1 Å². The first kappa shape index (κ1) is 13.8. The van der Waals surface area contributed by atoms with Gasteiger partial charge in [-0.3, -0.25) is 0 Å². The molecule has 1 aliphatic rings. The third-order valence-electron chi connectivity index (χ3n) is 3.69. The fourth-order valence-corrected chi connectivity index (χ4v) is 2.60. The second-order valence-electron chi connectivity index (χ2n) is 4.95. The molecule has 6 heteroatoms. The lowest BCUT2D eigenvalue weighted by Crippen LogP contribution is -2.47. The topological polar surface area (TPSA) is 79.8 Å². The van der Waals surface area contributed by atoms with Gasteiger partial charge in [0.1, 0.15) is 23.8 Å². The summed E-state index contributed by atoms with van der Waals surface area (Å²) in [5.41, 5.74) is 1.18. The maximum absolute atomic E-state index is 9.17. The van der Waals surface area contributed by atoms with Gasteiger partial charge in [0.25, 0.3) is 0 Å². The van der Waals surface area contributed by atoms with E-state index in [1.54, 1.807) is 36.7 Å². The minimum atomic E-state index is 0.589. The van der Waals surface area contributed by atoms with Gasteiger partial charge in [-0.1, -0.05) is 0 Å². The Morgan fingerprint density at radius 1 is 0.773 bits per heavy atom. The molecular weight excluding hydrogens is 276 g/mol. The van der Waals surface area contributed by atoms with Crippen molar-refractivity contribution >= 4 is 11.6 Å². The number of piperazine rings is 1. The molecule has 0 aromatic carbocycles. The summed E-state index contributed by atoms with van der Waals surface area (Å²) >= 11 is 0. The first-order valence-electron chi connectivity index (χ1n) is 7.03. The quantitative estimate of drug-likeness (QED) is 0.834. The van der Waals surface area contributed by atoms with Crippen molar-refractivity contribution in [2.45, 2.75) is 0 Å². The zero-order chi connectivity index (χ0) is 15.4. The van der Waals surface area contributed by atoms with Crippen molar-refractivity contribution in [2.75, 3.05) is 36.0 Å². The molecule has 0 aliphatic carbocycles. The van der Waals surface area contributed by atoms with E-state index in [-0.39, 0.29) is 0 Å². The van der Waals surface area contributed by atoms with Crippen molar-refractivity contribution in [3.05, 3.63) is 47.8 Å². The number of hydrogen-bond donors (Lipinski definition) is 0. The SMILES string of the molecule is N#Cc1cccnc1N1CCN(c2ncccc2C#N)CC1. The normalized spacial score (nSPS) is 14.3. The number of anilines is 2. The Labute approximate surface area is 128 Å². The summed E-state index contributed by atoms with van der Waals surface area (Å²) in [6, 6.07) is 11.5. The van der Waals surface area contributed by atoms with E-state index in [2.05, 4.69) is 31.9 Å². The number of rotatable bonds is 2. The van der Waals surface area contributed by atoms with Crippen molar-refractivity contribution in [3.8, 4) is 12.1 Å². The molecule has 1 aliphatic heterocycles. The van der Waals surface area contributed by atoms with Gasteiger partial charge in [-0.2, -0.15) is 10.5 Å². The lowest BCUT2D eigenvalue weighted by molar-refractivity contribution is 0.640. The summed E-state index contributed by atoms with van der Waals surface area (Å²) in [5.74, 6) is 1.46. The monoisotopic (exact) mass is 290 g/mol. The Hall–Kier alpha value is -3.12. The van der Waals surface area contributed by atoms with E-state index < -0.39 is 0 Å². The summed E-state index contributed by atoms with van der Waals surface area (Å²) in [6.07, 6.45) is 3.41. The van der Waals surface area contributed by atoms with Gasteiger partial charge in [-0.15, -0.1) is 0 Å². The third kappa shape index (κ3) is 2.55. The molecule has 0 spiro atoms. The highest BCUT2D eigenvalue weighted by Crippen LogP contribution is 2.22. The summed E-state index contributed by atoms with van der Waals surface area (Å²) in [5, 5.41) is 18.3. The van der Waals surface area contributed by atoms with Crippen molar-refractivity contribution < 1.29 is 0 Å². The van der Waals surface area contributed by atoms with E-state index >= 15 is 0 Å². The molecule has 0 unspecified atom stereocenters. The number of nitrogens with zero attached hydrogens (tertiary/aromatic N) is 6. The first-order valence-corrected chi connectivity index (χ1v) is 7.03. The number of nitriles is 2. The largest absolute Gasteiger partial charge is 0.352 e. The molecule has 6 nitrogen and oxygen atoms in total. The second kappa shape index (κ2) is 6.11. The van der Waals surface area contributed by atoms with Gasteiger partial charge in [0.2, 0.25) is 0 Å². The minimum absolute atomic E-state index is 0.589. The van der Waals surface area contributed by atoms with E-state index in [0.29, 0.717) is 11.1 Å². The van der Waals surface area contributed by atoms with Crippen LogP contribution in [0.2, 0.25) is 0 Å². The minimum Gasteiger partial charge on any atom is -0.352 e. The average molecular weight is 290 g/mol. The van der Waals surface area contributed by atoms with Gasteiger partial charge in [-0.05, 0) is 24.3 Å². The molecular formula is C16H14N6. The molecule has 3 rings (SSSR count). The Morgan fingerprint density at radius 3 is 1.55 bits per heavy atom. The third-order valence-corrected chi connectivity index (χ3v) is 3.69. The highest BCUT2D eigenvalue weighted by Gasteiger charge is 2.22. The van der Waals surface area contributed by atoms with Crippen LogP contribution >= 0.6 is 0 Å². The molecule has 2 aromatic rings. The standard InChI is InChI=1S/C16H14N6/c17-11-13-3-1-5-19-15(13)21-7-9-22(10-8-21)16-14(12-18)4-2-6-20-16/h1-6H,7-10H2. The Kier molecular flexibility index (Phi) is 3.84. The van der Waals surface area contributed by atoms with Crippen LogP contribution in [0.3, 0.4) is 0 Å². The molecule has 0 atom stereocenters. The molecule has 0 bridgehead atoms. The van der Waals surface area contributed by atoms with Crippen LogP contribution in [0.5, 0.6) is 0 Å². The van der Waals surface area contributed by atoms with Crippen LogP contribution in [0.15, 0.2) is 36.7 Å². The van der Waals surface area contributed by atoms with Crippen LogP contribution in [0.1, 0.15) is 11.1 Å². The van der Waals surface area contributed by atoms with Crippen LogP contribution in [0.4, 0.5) is 11.6 Å². The molecule has 1 saturated heterocycles. The Morgan fingerprint density at radius 2 is 1.18 bits per heavy atom. The lowest BCUT2D eigenvalue weighted by Gasteiger charge is -2.36. The number of pyridine rings is 2. The van der Waals surface area contributed by atoms with Crippen molar-refractivity contribution in [2.24, 2.45) is 0 Å². The molecule has 22 heavy (non-hydrogen) atoms. The van der Waals surface area contributed by atoms with Crippen molar-refractivity contribution in [1.29, 1.82) is 10.5 Å². The number of aromatic nitrogens is 2. The van der Waals surface area contributed by atoms with Gasteiger partial charge in [0, 0.05) is 38.6 Å². The van der Waals surface area contributed by atoms with Crippen LogP contribution in [0, 0.1) is 22.7 Å². The molecule has 2 aromatic heterocycles. The molecule has 108 valence electrons. The molecule has 0 radical (unpaired) electrons. The molecule has 3 heterocycles. The van der Waals surface area contributed by atoms with E-state index in [9.17, 15) is 10.5 Å². The molecule has 0 saturated carbocycles. The zero-order valence-electron chi connectivity index (χ0n) is 12.0. The van der Waals surface area contributed by atoms with Crippen molar-refractivity contribution in [3.63, 3.8) is 0 Å². The second-order valence-corrected chi connectivity index (χ2v) is 4.95. The van der Waals surface area contributed by atoms with Gasteiger partial charge in [0.15, 0.2) is 0 Å². The van der Waals surface area contributed by atoms with Gasteiger partial charge < -0.3 is 9.80 Å². The average Bonchev–Trinajstić information content (AvgIpc) is 2.62. The predicted octanol–water partition coefficient (Wildman–Crippen LogP) is 1.55. The summed E-state index contributed by atoms with van der Waals surface area (Å²) in [4.78, 5) is 12.8. The highest BCUT2D eigenvalue weighted by atomic mass is 15.3. The van der Waals surface area contributed by atoms with Crippen LogP contribution < -0.4 is 9.80 Å². The number of hydrogen-bond acceptors (Lipinski definition) is 6. The van der Waals surface area contributed by atoms with Crippen LogP contribution in [-0.2, 0) is 0 Å². The maximum Gasteiger partial charge on any atom is 0.146 e. The van der Waals surface area contributed by atoms with E-state index in [1.165, 1.54) is 0 Å². The smallest absolute Gasteiger partial charge is 0.146 e. The van der Waals surface area contributed by atoms with E-state index in [1.807, 2.05) is 0 Å². The summed E-state index contributed by atoms with van der Waals surface area (Å²) in [6.45, 7) is 2.97. The maximum atomic E-state index is 9.17. The first-order chi connectivity index (χ1) is 10.8. The van der Waals surface area contributed by atoms with Crippen LogP contribution in [0.25, 0.3) is 0 Å². The van der Waals surface area contributed by atoms with Crippen molar-refractivity contribution in [1.82, 2.24) is 9.97 Å². The van der Waals surface area contributed by atoms with E-state index in [0.717, 1.165) is 37.8 Å². The van der Waals surface area contributed by atoms with Gasteiger partial charge >= 0.3 is 0 Å². The lowest BCUT2D eigenvalue weighted by atomic mass is 10.2. The summed E-state index contributed by atoms with van der Waals surface area (Å²) in [7, 11) is 0. The Bertz CT molecular complexity index is 684. The predicted molar refractivity (Wildman–Crippen MR) is 82.3 cm³/mol. The molecule has 0 amide bonds. The van der Waals surface area contributed by atoms with Gasteiger partial charge in [0.05, 0.1) is 11.1 Å². The summed E-state index contributed by atoms with van der Waals surface area (Å²) < 4.78 is 0. The molecule has 0 N–H and O–H groups in total. The fourth-order valence-electron chi connectivity index (χ4n) is 2.60. The zero-order valence-corrected chi connectivity index (χ0v) is 12.0. The molecule has 1 fully saturated rings. The van der Waals surface area contributed by atoms with Gasteiger partial charge in [-0.25, -0.2) is 9.97 Å². The highest BCUT2D eigenvalue weighted by molar-refractivity contribution is 5.57. The Balaban J connectivity index is 1.76.